The fraction of sp³-hybridized carbons (Fsp3) is 0.500. The molecule has 3 aromatic rings. The van der Waals surface area contributed by atoms with Crippen LogP contribution in [0.4, 0.5) is 0 Å². The molecule has 7 nitrogen and oxygen atoms in total. The van der Waals surface area contributed by atoms with Gasteiger partial charge in [-0.3, -0.25) is 9.69 Å². The van der Waals surface area contributed by atoms with E-state index in [2.05, 4.69) is 11.9 Å². The molecule has 2 aromatic heterocycles. The molecule has 0 bridgehead atoms. The van der Waals surface area contributed by atoms with Crippen LogP contribution in [0, 0.1) is 5.92 Å². The molecule has 0 saturated carbocycles. The molecular weight excluding hydrogens is 462 g/mol. The van der Waals surface area contributed by atoms with Gasteiger partial charge in [0.25, 0.3) is 5.56 Å². The molecule has 1 aliphatic rings. The van der Waals surface area contributed by atoms with Crippen molar-refractivity contribution < 1.29 is 14.6 Å². The number of aromatic nitrogens is 2. The van der Waals surface area contributed by atoms with Gasteiger partial charge in [0, 0.05) is 30.1 Å². The van der Waals surface area contributed by atoms with E-state index >= 15 is 0 Å². The summed E-state index contributed by atoms with van der Waals surface area (Å²) in [6, 6.07) is 7.02. The molecule has 0 radical (unpaired) electrons. The Bertz CT molecular complexity index is 1130. The van der Waals surface area contributed by atoms with Crippen LogP contribution in [0.5, 0.6) is 5.75 Å². The van der Waals surface area contributed by atoms with Crippen molar-refractivity contribution in [3.63, 3.8) is 0 Å². The molecule has 2 N–H and O–H groups in total. The number of rotatable bonds is 10. The summed E-state index contributed by atoms with van der Waals surface area (Å²) in [5, 5.41) is 11.9. The van der Waals surface area contributed by atoms with E-state index in [1.165, 1.54) is 10.4 Å². The maximum Gasteiger partial charge on any atom is 0.259 e. The van der Waals surface area contributed by atoms with Crippen LogP contribution in [-0.4, -0.2) is 59.5 Å². The molecule has 0 aliphatic heterocycles. The minimum atomic E-state index is -0.719. The molecule has 4 rings (SSSR count). The van der Waals surface area contributed by atoms with Gasteiger partial charge < -0.3 is 19.6 Å². The van der Waals surface area contributed by atoms with E-state index in [-0.39, 0.29) is 12.2 Å². The third-order valence-corrected chi connectivity index (χ3v) is 7.32. The van der Waals surface area contributed by atoms with Crippen LogP contribution in [0.15, 0.2) is 29.1 Å². The molecule has 1 aromatic carbocycles. The van der Waals surface area contributed by atoms with Crippen LogP contribution in [0.3, 0.4) is 0 Å². The number of benzene rings is 1. The molecule has 9 heteroatoms. The number of nitrogens with one attached hydrogen (secondary N) is 1. The largest absolute Gasteiger partial charge is 0.491 e. The molecule has 2 heterocycles. The van der Waals surface area contributed by atoms with E-state index in [1.807, 2.05) is 4.90 Å². The molecule has 0 saturated heterocycles. The topological polar surface area (TPSA) is 87.7 Å². The quantitative estimate of drug-likeness (QED) is 0.450. The van der Waals surface area contributed by atoms with Crippen LogP contribution in [0.2, 0.25) is 5.02 Å². The molecule has 2 atom stereocenters. The minimum Gasteiger partial charge on any atom is -0.491 e. The maximum atomic E-state index is 12.9. The second-order valence-corrected chi connectivity index (χ2v) is 10.2. The number of methoxy groups -OCH3 is 1. The van der Waals surface area contributed by atoms with Crippen LogP contribution in [0.25, 0.3) is 10.2 Å². The van der Waals surface area contributed by atoms with E-state index in [0.717, 1.165) is 29.5 Å². The Labute approximate surface area is 202 Å². The van der Waals surface area contributed by atoms with Crippen molar-refractivity contribution >= 4 is 33.2 Å². The lowest BCUT2D eigenvalue weighted by molar-refractivity contribution is 0.0533. The SMILES string of the molecule is COCCN(Cc1nc2sc3c(c2c(=O)[nH]1)CCC(C)C3)CC(O)COc1ccc(Cl)cc1. The van der Waals surface area contributed by atoms with Gasteiger partial charge in [-0.25, -0.2) is 4.98 Å². The minimum absolute atomic E-state index is 0.0691. The van der Waals surface area contributed by atoms with Gasteiger partial charge in [-0.1, -0.05) is 18.5 Å². The van der Waals surface area contributed by atoms with Crippen molar-refractivity contribution in [2.45, 2.75) is 38.8 Å². The molecule has 0 spiro atoms. The molecule has 178 valence electrons. The molecule has 0 amide bonds. The number of H-pyrrole nitrogens is 1. The lowest BCUT2D eigenvalue weighted by Gasteiger charge is -2.24. The van der Waals surface area contributed by atoms with Gasteiger partial charge in [0.15, 0.2) is 0 Å². The highest BCUT2D eigenvalue weighted by atomic mass is 35.5. The molecule has 2 unspecified atom stereocenters. The second-order valence-electron chi connectivity index (χ2n) is 8.69. The number of nitrogens with zero attached hydrogens (tertiary/aromatic N) is 2. The highest BCUT2D eigenvalue weighted by molar-refractivity contribution is 7.18. The smallest absolute Gasteiger partial charge is 0.259 e. The van der Waals surface area contributed by atoms with Crippen molar-refractivity contribution in [2.75, 3.05) is 33.4 Å². The Hall–Kier alpha value is -1.97. The van der Waals surface area contributed by atoms with E-state index < -0.39 is 6.10 Å². The maximum absolute atomic E-state index is 12.9. The predicted octanol–water partition coefficient (Wildman–Crippen LogP) is 3.65. The first-order valence-corrected chi connectivity index (χ1v) is 12.4. The summed E-state index contributed by atoms with van der Waals surface area (Å²) in [6.07, 6.45) is 2.36. The predicted molar refractivity (Wildman–Crippen MR) is 132 cm³/mol. The van der Waals surface area contributed by atoms with Crippen LogP contribution in [-0.2, 0) is 24.1 Å². The van der Waals surface area contributed by atoms with Crippen molar-refractivity contribution in [1.29, 1.82) is 0 Å². The highest BCUT2D eigenvalue weighted by Gasteiger charge is 2.23. The van der Waals surface area contributed by atoms with Crippen molar-refractivity contribution in [3.05, 3.63) is 55.9 Å². The summed E-state index contributed by atoms with van der Waals surface area (Å²) in [7, 11) is 1.64. The molecule has 0 fully saturated rings. The third-order valence-electron chi connectivity index (χ3n) is 5.92. The highest BCUT2D eigenvalue weighted by Crippen LogP contribution is 2.35. The molecule has 1 aliphatic carbocycles. The normalized spacial score (nSPS) is 16.8. The van der Waals surface area contributed by atoms with Crippen LogP contribution < -0.4 is 10.3 Å². The average molecular weight is 492 g/mol. The summed E-state index contributed by atoms with van der Waals surface area (Å²) in [6.45, 7) is 4.26. The van der Waals surface area contributed by atoms with Gasteiger partial charge in [-0.2, -0.15) is 0 Å². The zero-order valence-electron chi connectivity index (χ0n) is 19.0. The lowest BCUT2D eigenvalue weighted by atomic mass is 9.89. The number of halogens is 1. The number of ether oxygens (including phenoxy) is 2. The van der Waals surface area contributed by atoms with Gasteiger partial charge in [-0.05, 0) is 55.0 Å². The van der Waals surface area contributed by atoms with Gasteiger partial charge >= 0.3 is 0 Å². The van der Waals surface area contributed by atoms with Gasteiger partial charge in [0.05, 0.1) is 18.5 Å². The number of aryl methyl sites for hydroxylation is 1. The molecule has 33 heavy (non-hydrogen) atoms. The summed E-state index contributed by atoms with van der Waals surface area (Å²) in [5.41, 5.74) is 1.11. The first-order valence-electron chi connectivity index (χ1n) is 11.2. The number of thiophene rings is 1. The zero-order chi connectivity index (χ0) is 23.4. The van der Waals surface area contributed by atoms with Crippen molar-refractivity contribution in [3.8, 4) is 5.75 Å². The fourth-order valence-corrected chi connectivity index (χ4v) is 5.74. The zero-order valence-corrected chi connectivity index (χ0v) is 20.5. The number of aliphatic hydroxyl groups is 1. The van der Waals surface area contributed by atoms with Crippen molar-refractivity contribution in [1.82, 2.24) is 14.9 Å². The summed E-state index contributed by atoms with van der Waals surface area (Å²) >= 11 is 7.54. The van der Waals surface area contributed by atoms with E-state index in [1.54, 1.807) is 42.7 Å². The van der Waals surface area contributed by atoms with E-state index in [4.69, 9.17) is 26.1 Å². The number of hydrogen-bond acceptors (Lipinski definition) is 7. The summed E-state index contributed by atoms with van der Waals surface area (Å²) in [4.78, 5) is 24.8. The first kappa shape index (κ1) is 24.2. The van der Waals surface area contributed by atoms with Crippen molar-refractivity contribution in [2.24, 2.45) is 5.92 Å². The number of aliphatic hydroxyl groups excluding tert-OH is 1. The Kier molecular flexibility index (Phi) is 8.03. The van der Waals surface area contributed by atoms with E-state index in [0.29, 0.717) is 48.8 Å². The Balaban J connectivity index is 1.45. The van der Waals surface area contributed by atoms with Gasteiger partial charge in [0.2, 0.25) is 0 Å². The van der Waals surface area contributed by atoms with Gasteiger partial charge in [0.1, 0.15) is 29.1 Å². The number of hydrogen-bond donors (Lipinski definition) is 2. The van der Waals surface area contributed by atoms with Gasteiger partial charge in [-0.15, -0.1) is 11.3 Å². The Morgan fingerprint density at radius 2 is 2.15 bits per heavy atom. The number of fused-ring (bicyclic) bond motifs is 3. The lowest BCUT2D eigenvalue weighted by Crippen LogP contribution is -2.38. The fourth-order valence-electron chi connectivity index (χ4n) is 4.21. The standard InChI is InChI=1S/C24H30ClN3O4S/c1-15-3-8-19-20(11-15)33-24-22(19)23(30)26-21(27-24)13-28(9-10-31-2)12-17(29)14-32-18-6-4-16(25)5-7-18/h4-7,15,17,29H,3,8-14H2,1-2H3,(H,26,27,30). The monoisotopic (exact) mass is 491 g/mol. The van der Waals surface area contributed by atoms with Crippen LogP contribution >= 0.6 is 22.9 Å². The summed E-state index contributed by atoms with van der Waals surface area (Å²) < 4.78 is 10.9. The molecular formula is C24H30ClN3O4S. The Morgan fingerprint density at radius 1 is 1.36 bits per heavy atom. The third kappa shape index (κ3) is 6.13. The first-order chi connectivity index (χ1) is 15.9. The second kappa shape index (κ2) is 11.0. The average Bonchev–Trinajstić information content (AvgIpc) is 3.14. The van der Waals surface area contributed by atoms with E-state index in [9.17, 15) is 9.90 Å². The summed E-state index contributed by atoms with van der Waals surface area (Å²) in [5.74, 6) is 1.89. The Morgan fingerprint density at radius 3 is 2.91 bits per heavy atom. The van der Waals surface area contributed by atoms with Crippen LogP contribution in [0.1, 0.15) is 29.6 Å². The number of aromatic amines is 1.